The molecule has 6 heteroatoms. The minimum atomic E-state index is -0.133. The van der Waals surface area contributed by atoms with Gasteiger partial charge in [0.2, 0.25) is 5.91 Å². The molecule has 2 saturated heterocycles. The maximum Gasteiger partial charge on any atom is 0.248 e. The van der Waals surface area contributed by atoms with Crippen LogP contribution in [0.5, 0.6) is 0 Å². The lowest BCUT2D eigenvalue weighted by molar-refractivity contribution is -0.118. The molecule has 1 aromatic rings. The number of nitrogens with zero attached hydrogens (tertiary/aromatic N) is 3. The zero-order valence-electron chi connectivity index (χ0n) is 13.4. The van der Waals surface area contributed by atoms with E-state index in [4.69, 9.17) is 4.98 Å². The fraction of sp³-hybridized carbons (Fsp3) is 0.688. The van der Waals surface area contributed by atoms with Gasteiger partial charge in [-0.05, 0) is 18.8 Å². The molecule has 2 bridgehead atoms. The first-order valence-electron chi connectivity index (χ1n) is 8.32. The minimum Gasteiger partial charge on any atom is -0.340 e. The third-order valence-electron chi connectivity index (χ3n) is 5.03. The highest BCUT2D eigenvalue weighted by atomic mass is 16.2. The fourth-order valence-electron chi connectivity index (χ4n) is 3.97. The number of anilines is 2. The van der Waals surface area contributed by atoms with E-state index in [1.165, 1.54) is 0 Å². The summed E-state index contributed by atoms with van der Waals surface area (Å²) in [6.07, 6.45) is 3.02. The number of carbonyl (C=O) groups is 1. The molecule has 0 aliphatic carbocycles. The second-order valence-electron chi connectivity index (χ2n) is 6.87. The molecule has 3 aliphatic heterocycles. The Bertz CT molecular complexity index is 629. The van der Waals surface area contributed by atoms with E-state index in [9.17, 15) is 4.79 Å². The summed E-state index contributed by atoms with van der Waals surface area (Å²) in [6.45, 7) is 7.16. The van der Waals surface area contributed by atoms with Crippen LogP contribution in [0, 0.1) is 0 Å². The van der Waals surface area contributed by atoms with E-state index < -0.39 is 0 Å². The maximum atomic E-state index is 12.7. The summed E-state index contributed by atoms with van der Waals surface area (Å²) in [5, 5.41) is 6.67. The summed E-state index contributed by atoms with van der Waals surface area (Å²) in [5.41, 5.74) is 1.79. The molecule has 2 fully saturated rings. The summed E-state index contributed by atoms with van der Waals surface area (Å²) >= 11 is 0. The van der Waals surface area contributed by atoms with Crippen molar-refractivity contribution in [2.24, 2.45) is 0 Å². The molecular weight excluding hydrogens is 278 g/mol. The lowest BCUT2D eigenvalue weighted by Gasteiger charge is -2.44. The minimum absolute atomic E-state index is 0.0834. The van der Waals surface area contributed by atoms with Gasteiger partial charge in [0.05, 0.1) is 5.69 Å². The second kappa shape index (κ2) is 4.91. The van der Waals surface area contributed by atoms with Crippen LogP contribution in [-0.4, -0.2) is 40.5 Å². The maximum absolute atomic E-state index is 12.7. The zero-order valence-corrected chi connectivity index (χ0v) is 13.4. The van der Waals surface area contributed by atoms with E-state index in [0.717, 1.165) is 48.8 Å². The Balaban J connectivity index is 1.86. The SMILES string of the molecule is CCc1nc(C(C)C)c2c(n1)N1C[C@@H]3CC[C@@H](N3)C1C(=O)N2. The molecule has 2 N–H and O–H groups in total. The Morgan fingerprint density at radius 1 is 1.32 bits per heavy atom. The number of hydrogen-bond acceptors (Lipinski definition) is 5. The fourth-order valence-corrected chi connectivity index (χ4v) is 3.97. The summed E-state index contributed by atoms with van der Waals surface area (Å²) in [5.74, 6) is 2.14. The van der Waals surface area contributed by atoms with Crippen molar-refractivity contribution in [1.82, 2.24) is 15.3 Å². The molecule has 0 saturated carbocycles. The third-order valence-corrected chi connectivity index (χ3v) is 5.03. The van der Waals surface area contributed by atoms with Gasteiger partial charge in [0.15, 0.2) is 5.82 Å². The summed E-state index contributed by atoms with van der Waals surface area (Å²) < 4.78 is 0. The summed E-state index contributed by atoms with van der Waals surface area (Å²) in [7, 11) is 0. The molecule has 4 rings (SSSR count). The van der Waals surface area contributed by atoms with Gasteiger partial charge in [0, 0.05) is 25.0 Å². The number of amides is 1. The molecule has 1 amide bonds. The molecule has 1 aromatic heterocycles. The number of aromatic nitrogens is 2. The van der Waals surface area contributed by atoms with E-state index in [2.05, 4.69) is 41.3 Å². The van der Waals surface area contributed by atoms with Crippen LogP contribution in [0.1, 0.15) is 51.0 Å². The highest BCUT2D eigenvalue weighted by Gasteiger charge is 2.48. The van der Waals surface area contributed by atoms with Crippen LogP contribution >= 0.6 is 0 Å². The van der Waals surface area contributed by atoms with Crippen LogP contribution in [0.4, 0.5) is 11.5 Å². The summed E-state index contributed by atoms with van der Waals surface area (Å²) in [4.78, 5) is 24.3. The number of aryl methyl sites for hydroxylation is 1. The molecule has 6 nitrogen and oxygen atoms in total. The second-order valence-corrected chi connectivity index (χ2v) is 6.87. The van der Waals surface area contributed by atoms with Gasteiger partial charge < -0.3 is 15.5 Å². The third kappa shape index (κ3) is 1.93. The largest absolute Gasteiger partial charge is 0.340 e. The van der Waals surface area contributed by atoms with Gasteiger partial charge in [-0.1, -0.05) is 20.8 Å². The van der Waals surface area contributed by atoms with Crippen molar-refractivity contribution in [1.29, 1.82) is 0 Å². The molecule has 1 unspecified atom stereocenters. The monoisotopic (exact) mass is 301 g/mol. The van der Waals surface area contributed by atoms with Gasteiger partial charge in [-0.25, -0.2) is 9.97 Å². The van der Waals surface area contributed by atoms with Crippen LogP contribution in [0.2, 0.25) is 0 Å². The molecule has 22 heavy (non-hydrogen) atoms. The van der Waals surface area contributed by atoms with E-state index in [0.29, 0.717) is 6.04 Å². The number of rotatable bonds is 2. The van der Waals surface area contributed by atoms with Crippen molar-refractivity contribution in [3.63, 3.8) is 0 Å². The quantitative estimate of drug-likeness (QED) is 0.864. The molecule has 0 radical (unpaired) electrons. The number of piperazine rings is 1. The van der Waals surface area contributed by atoms with Crippen molar-refractivity contribution in [2.45, 2.75) is 64.1 Å². The van der Waals surface area contributed by atoms with Crippen molar-refractivity contribution < 1.29 is 4.79 Å². The molecule has 0 aromatic carbocycles. The number of fused-ring (bicyclic) bond motifs is 6. The first-order valence-corrected chi connectivity index (χ1v) is 8.32. The number of hydrogen-bond donors (Lipinski definition) is 2. The average molecular weight is 301 g/mol. The topological polar surface area (TPSA) is 70.2 Å². The number of nitrogens with one attached hydrogen (secondary N) is 2. The molecule has 118 valence electrons. The highest BCUT2D eigenvalue weighted by Crippen LogP contribution is 2.40. The summed E-state index contributed by atoms with van der Waals surface area (Å²) in [6, 6.07) is 0.586. The van der Waals surface area contributed by atoms with Crippen molar-refractivity contribution in [3.8, 4) is 0 Å². The van der Waals surface area contributed by atoms with Crippen molar-refractivity contribution in [2.75, 3.05) is 16.8 Å². The first-order chi connectivity index (χ1) is 10.6. The number of carbonyl (C=O) groups excluding carboxylic acids is 1. The smallest absolute Gasteiger partial charge is 0.248 e. The van der Waals surface area contributed by atoms with Crippen LogP contribution in [0.15, 0.2) is 0 Å². The van der Waals surface area contributed by atoms with Crippen molar-refractivity contribution in [3.05, 3.63) is 11.5 Å². The van der Waals surface area contributed by atoms with Gasteiger partial charge in [0.25, 0.3) is 0 Å². The zero-order chi connectivity index (χ0) is 15.4. The van der Waals surface area contributed by atoms with Gasteiger partial charge in [-0.2, -0.15) is 0 Å². The Kier molecular flexibility index (Phi) is 3.11. The Labute approximate surface area is 130 Å². The van der Waals surface area contributed by atoms with Gasteiger partial charge in [-0.15, -0.1) is 0 Å². The molecule has 4 heterocycles. The van der Waals surface area contributed by atoms with E-state index in [1.54, 1.807) is 0 Å². The molecule has 3 atom stereocenters. The van der Waals surface area contributed by atoms with E-state index in [-0.39, 0.29) is 23.9 Å². The molecule has 0 spiro atoms. The van der Waals surface area contributed by atoms with E-state index in [1.807, 2.05) is 0 Å². The Morgan fingerprint density at radius 3 is 2.86 bits per heavy atom. The average Bonchev–Trinajstić information content (AvgIpc) is 2.87. The lowest BCUT2D eigenvalue weighted by atomic mass is 9.99. The predicted octanol–water partition coefficient (Wildman–Crippen LogP) is 1.42. The Morgan fingerprint density at radius 2 is 2.14 bits per heavy atom. The van der Waals surface area contributed by atoms with Crippen molar-refractivity contribution >= 4 is 17.4 Å². The van der Waals surface area contributed by atoms with Crippen LogP contribution in [0.25, 0.3) is 0 Å². The van der Waals surface area contributed by atoms with E-state index >= 15 is 0 Å². The molecular formula is C16H23N5O. The predicted molar refractivity (Wildman–Crippen MR) is 85.2 cm³/mol. The normalized spacial score (nSPS) is 29.4. The Hall–Kier alpha value is -1.69. The lowest BCUT2D eigenvalue weighted by Crippen LogP contribution is -2.64. The molecule has 3 aliphatic rings. The van der Waals surface area contributed by atoms with Crippen LogP contribution in [-0.2, 0) is 11.2 Å². The van der Waals surface area contributed by atoms with Crippen LogP contribution < -0.4 is 15.5 Å². The van der Waals surface area contributed by atoms with Gasteiger partial charge in [-0.3, -0.25) is 4.79 Å². The first kappa shape index (κ1) is 13.9. The highest BCUT2D eigenvalue weighted by molar-refractivity contribution is 6.04. The van der Waals surface area contributed by atoms with Gasteiger partial charge in [0.1, 0.15) is 17.6 Å². The van der Waals surface area contributed by atoms with Crippen LogP contribution in [0.3, 0.4) is 0 Å². The van der Waals surface area contributed by atoms with Gasteiger partial charge >= 0.3 is 0 Å². The standard InChI is InChI=1S/C16H23N5O/c1-4-11-18-12(8(2)3)13-15(19-11)21-7-9-5-6-10(17-9)14(21)16(22)20-13/h8-10,14,17H,4-7H2,1-3H3,(H,20,22)/t9-,10+,14?/m0/s1.